The Balaban J connectivity index is 1.23. The molecule has 4 bridgehead atoms. The molecule has 0 aromatic carbocycles. The Morgan fingerprint density at radius 1 is 1.04 bits per heavy atom. The summed E-state index contributed by atoms with van der Waals surface area (Å²) in [6.45, 7) is 4.60. The quantitative estimate of drug-likeness (QED) is 0.795. The van der Waals surface area contributed by atoms with Gasteiger partial charge in [-0.2, -0.15) is 0 Å². The summed E-state index contributed by atoms with van der Waals surface area (Å²) < 4.78 is 6.04. The van der Waals surface area contributed by atoms with Gasteiger partial charge in [0.25, 0.3) is 0 Å². The van der Waals surface area contributed by atoms with Gasteiger partial charge in [-0.1, -0.05) is 19.8 Å². The Morgan fingerprint density at radius 3 is 2.50 bits per heavy atom. The number of hydrogen-bond acceptors (Lipinski definition) is 2. The summed E-state index contributed by atoms with van der Waals surface area (Å²) in [4.78, 5) is 14.9. The smallest absolute Gasteiger partial charge is 0.317 e. The highest BCUT2D eigenvalue weighted by molar-refractivity contribution is 5.74. The monoisotopic (exact) mass is 334 g/mol. The standard InChI is InChI=1S/C20H34N2O2/c1-14-4-2-3-5-19(14)24-7-6-21-20(23)22-13-17-9-15-8-16(10-17)12-18(22)11-15/h14-19H,2-13H2,1H3,(H,21,23)/t14-,15-,16+,17?,18?,19-/m1/s1. The molecule has 136 valence electrons. The zero-order chi connectivity index (χ0) is 16.5. The van der Waals surface area contributed by atoms with E-state index in [1.165, 1.54) is 57.8 Å². The molecule has 2 saturated heterocycles. The number of amides is 2. The predicted octanol–water partition coefficient (Wildman–Crippen LogP) is 3.80. The molecule has 0 aromatic heterocycles. The van der Waals surface area contributed by atoms with E-state index in [2.05, 4.69) is 17.1 Å². The fourth-order valence-electron chi connectivity index (χ4n) is 6.03. The molecule has 5 fully saturated rings. The van der Waals surface area contributed by atoms with Gasteiger partial charge in [0, 0.05) is 19.1 Å². The second-order valence-electron chi connectivity index (χ2n) is 8.99. The molecule has 4 heteroatoms. The van der Waals surface area contributed by atoms with E-state index < -0.39 is 0 Å². The van der Waals surface area contributed by atoms with Crippen LogP contribution in [0.5, 0.6) is 0 Å². The van der Waals surface area contributed by atoms with Crippen molar-refractivity contribution in [3.63, 3.8) is 0 Å². The molecule has 24 heavy (non-hydrogen) atoms. The first-order chi connectivity index (χ1) is 11.7. The maximum absolute atomic E-state index is 12.7. The van der Waals surface area contributed by atoms with Crippen molar-refractivity contribution in [2.75, 3.05) is 19.7 Å². The zero-order valence-electron chi connectivity index (χ0n) is 15.2. The number of rotatable bonds is 4. The summed E-state index contributed by atoms with van der Waals surface area (Å²) in [6.07, 6.45) is 12.2. The third-order valence-corrected chi connectivity index (χ3v) is 7.11. The topological polar surface area (TPSA) is 41.6 Å². The minimum atomic E-state index is 0.161. The van der Waals surface area contributed by atoms with Crippen molar-refractivity contribution in [2.24, 2.45) is 23.7 Å². The largest absolute Gasteiger partial charge is 0.376 e. The third kappa shape index (κ3) is 3.58. The minimum absolute atomic E-state index is 0.161. The molecule has 2 aliphatic heterocycles. The molecule has 0 spiro atoms. The second-order valence-corrected chi connectivity index (χ2v) is 8.99. The number of nitrogens with zero attached hydrogens (tertiary/aromatic N) is 1. The van der Waals surface area contributed by atoms with Gasteiger partial charge in [0.15, 0.2) is 0 Å². The van der Waals surface area contributed by atoms with Gasteiger partial charge in [-0.05, 0) is 68.6 Å². The third-order valence-electron chi connectivity index (χ3n) is 7.11. The van der Waals surface area contributed by atoms with Crippen molar-refractivity contribution in [3.05, 3.63) is 0 Å². The lowest BCUT2D eigenvalue weighted by Crippen LogP contribution is -2.48. The summed E-state index contributed by atoms with van der Waals surface area (Å²) in [7, 11) is 0. The molecule has 1 N–H and O–H groups in total. The normalized spacial score (nSPS) is 41.3. The average Bonchev–Trinajstić information content (AvgIpc) is 2.76. The van der Waals surface area contributed by atoms with Gasteiger partial charge in [0.05, 0.1) is 12.7 Å². The molecular weight excluding hydrogens is 300 g/mol. The lowest BCUT2D eigenvalue weighted by atomic mass is 9.68. The fraction of sp³-hybridized carbons (Fsp3) is 0.950. The highest BCUT2D eigenvalue weighted by atomic mass is 16.5. The summed E-state index contributed by atoms with van der Waals surface area (Å²) in [5, 5.41) is 3.14. The molecular formula is C20H34N2O2. The van der Waals surface area contributed by atoms with Crippen LogP contribution in [-0.4, -0.2) is 42.8 Å². The van der Waals surface area contributed by atoms with Gasteiger partial charge in [-0.15, -0.1) is 0 Å². The Kier molecular flexibility index (Phi) is 5.03. The van der Waals surface area contributed by atoms with Gasteiger partial charge < -0.3 is 15.0 Å². The maximum Gasteiger partial charge on any atom is 0.317 e. The first kappa shape index (κ1) is 16.7. The summed E-state index contributed by atoms with van der Waals surface area (Å²) in [5.41, 5.74) is 0. The van der Waals surface area contributed by atoms with E-state index in [0.717, 1.165) is 24.3 Å². The number of fused-ring (bicyclic) bond motifs is 1. The van der Waals surface area contributed by atoms with E-state index in [9.17, 15) is 4.79 Å². The fourth-order valence-corrected chi connectivity index (χ4v) is 6.03. The Hall–Kier alpha value is -0.770. The van der Waals surface area contributed by atoms with Crippen LogP contribution < -0.4 is 5.32 Å². The highest BCUT2D eigenvalue weighted by Gasteiger charge is 2.43. The second kappa shape index (κ2) is 7.23. The van der Waals surface area contributed by atoms with E-state index in [0.29, 0.717) is 31.2 Å². The molecule has 4 nitrogen and oxygen atoms in total. The first-order valence-electron chi connectivity index (χ1n) is 10.3. The van der Waals surface area contributed by atoms with Crippen LogP contribution in [0.4, 0.5) is 4.79 Å². The van der Waals surface area contributed by atoms with Crippen LogP contribution in [-0.2, 0) is 4.74 Å². The number of hydrogen-bond donors (Lipinski definition) is 1. The van der Waals surface area contributed by atoms with E-state index in [4.69, 9.17) is 4.74 Å². The molecule has 3 aliphatic carbocycles. The van der Waals surface area contributed by atoms with Crippen LogP contribution in [0.25, 0.3) is 0 Å². The number of carbonyl (C=O) groups is 1. The van der Waals surface area contributed by atoms with Gasteiger partial charge >= 0.3 is 6.03 Å². The SMILES string of the molecule is C[C@@H]1CCCC[C@H]1OCCNC(=O)N1CC2C[C@@H]3CC1C[C@H](C2)C3. The molecule has 2 unspecified atom stereocenters. The van der Waals surface area contributed by atoms with Gasteiger partial charge in [0.1, 0.15) is 0 Å². The lowest BCUT2D eigenvalue weighted by Gasteiger charge is -2.38. The van der Waals surface area contributed by atoms with Crippen molar-refractivity contribution in [1.82, 2.24) is 10.2 Å². The van der Waals surface area contributed by atoms with E-state index in [1.54, 1.807) is 0 Å². The first-order valence-corrected chi connectivity index (χ1v) is 10.3. The summed E-state index contributed by atoms with van der Waals surface area (Å²) >= 11 is 0. The summed E-state index contributed by atoms with van der Waals surface area (Å²) in [6, 6.07) is 0.661. The molecule has 2 amide bonds. The predicted molar refractivity (Wildman–Crippen MR) is 94.8 cm³/mol. The lowest BCUT2D eigenvalue weighted by molar-refractivity contribution is -0.00287. The molecule has 6 atom stereocenters. The Morgan fingerprint density at radius 2 is 1.75 bits per heavy atom. The number of urea groups is 1. The molecule has 5 rings (SSSR count). The number of nitrogens with one attached hydrogen (secondary N) is 1. The van der Waals surface area contributed by atoms with Crippen molar-refractivity contribution in [2.45, 2.75) is 76.9 Å². The van der Waals surface area contributed by atoms with Crippen LogP contribution in [0, 0.1) is 23.7 Å². The molecule has 0 aromatic rings. The van der Waals surface area contributed by atoms with E-state index in [1.807, 2.05) is 0 Å². The van der Waals surface area contributed by atoms with Crippen LogP contribution in [0.1, 0.15) is 64.7 Å². The number of ether oxygens (including phenoxy) is 1. The highest BCUT2D eigenvalue weighted by Crippen LogP contribution is 2.47. The minimum Gasteiger partial charge on any atom is -0.376 e. The molecule has 5 aliphatic rings. The molecule has 0 radical (unpaired) electrons. The maximum atomic E-state index is 12.7. The number of carbonyl (C=O) groups excluding carboxylic acids is 1. The van der Waals surface area contributed by atoms with Crippen molar-refractivity contribution in [3.8, 4) is 0 Å². The van der Waals surface area contributed by atoms with Crippen molar-refractivity contribution >= 4 is 6.03 Å². The van der Waals surface area contributed by atoms with Crippen molar-refractivity contribution < 1.29 is 9.53 Å². The average molecular weight is 335 g/mol. The van der Waals surface area contributed by atoms with Gasteiger partial charge in [-0.3, -0.25) is 0 Å². The zero-order valence-corrected chi connectivity index (χ0v) is 15.2. The van der Waals surface area contributed by atoms with Crippen LogP contribution >= 0.6 is 0 Å². The van der Waals surface area contributed by atoms with Crippen LogP contribution in [0.3, 0.4) is 0 Å². The van der Waals surface area contributed by atoms with E-state index in [-0.39, 0.29) is 6.03 Å². The Bertz CT molecular complexity index is 441. The van der Waals surface area contributed by atoms with Gasteiger partial charge in [0.2, 0.25) is 0 Å². The van der Waals surface area contributed by atoms with Crippen LogP contribution in [0.15, 0.2) is 0 Å². The molecule has 2 heterocycles. The van der Waals surface area contributed by atoms with E-state index >= 15 is 0 Å². The van der Waals surface area contributed by atoms with Gasteiger partial charge in [-0.25, -0.2) is 4.79 Å². The molecule has 3 saturated carbocycles. The van der Waals surface area contributed by atoms with Crippen molar-refractivity contribution in [1.29, 1.82) is 0 Å². The van der Waals surface area contributed by atoms with Crippen LogP contribution in [0.2, 0.25) is 0 Å². The Labute approximate surface area is 146 Å². The summed E-state index contributed by atoms with van der Waals surface area (Å²) in [5.74, 6) is 3.21.